The molecule has 3 rings (SSSR count). The third kappa shape index (κ3) is 10.1. The van der Waals surface area contributed by atoms with Gasteiger partial charge in [0, 0.05) is 25.8 Å². The maximum atomic E-state index is 12.4. The van der Waals surface area contributed by atoms with Crippen LogP contribution in [0.2, 0.25) is 0 Å². The van der Waals surface area contributed by atoms with Crippen LogP contribution in [0.15, 0.2) is 24.4 Å². The third-order valence-corrected chi connectivity index (χ3v) is 5.37. The number of carboxylic acids is 2. The van der Waals surface area contributed by atoms with E-state index in [1.165, 1.54) is 6.42 Å². The number of aromatic nitrogens is 1. The Hall–Kier alpha value is -2.94. The number of aliphatic carboxylic acids is 2. The first-order chi connectivity index (χ1) is 16.1. The summed E-state index contributed by atoms with van der Waals surface area (Å²) in [6, 6.07) is 5.46. The van der Waals surface area contributed by atoms with Gasteiger partial charge in [-0.15, -0.1) is 0 Å². The maximum absolute atomic E-state index is 12.4. The predicted octanol–water partition coefficient (Wildman–Crippen LogP) is 2.71. The minimum atomic E-state index is -5.08. The predicted molar refractivity (Wildman–Crippen MR) is 107 cm³/mol. The van der Waals surface area contributed by atoms with Gasteiger partial charge in [0.05, 0.1) is 12.7 Å². The minimum Gasteiger partial charge on any atom is -0.475 e. The summed E-state index contributed by atoms with van der Waals surface area (Å²) in [5, 5.41) is 14.2. The quantitative estimate of drug-likeness (QED) is 0.509. The molecule has 0 aromatic carbocycles. The highest BCUT2D eigenvalue weighted by Gasteiger charge is 2.40. The van der Waals surface area contributed by atoms with Crippen LogP contribution < -0.4 is 5.73 Å². The molecule has 2 aliphatic heterocycles. The summed E-state index contributed by atoms with van der Waals surface area (Å²) >= 11 is 0. The van der Waals surface area contributed by atoms with Crippen molar-refractivity contribution in [1.82, 2.24) is 9.88 Å². The van der Waals surface area contributed by atoms with Crippen molar-refractivity contribution < 1.29 is 55.7 Å². The highest BCUT2D eigenvalue weighted by atomic mass is 19.4. The number of ether oxygens (including phenoxy) is 1. The number of piperidine rings is 1. The minimum absolute atomic E-state index is 0.0435. The van der Waals surface area contributed by atoms with E-state index in [-0.39, 0.29) is 17.4 Å². The van der Waals surface area contributed by atoms with E-state index in [0.717, 1.165) is 39.0 Å². The van der Waals surface area contributed by atoms with Crippen LogP contribution in [0, 0.1) is 5.41 Å². The molecule has 9 nitrogen and oxygen atoms in total. The number of amides is 1. The van der Waals surface area contributed by atoms with Crippen LogP contribution in [-0.4, -0.2) is 82.6 Å². The lowest BCUT2D eigenvalue weighted by Gasteiger charge is -2.45. The zero-order chi connectivity index (χ0) is 26.9. The maximum Gasteiger partial charge on any atom is 0.490 e. The number of rotatable bonds is 2. The Morgan fingerprint density at radius 3 is 1.89 bits per heavy atom. The van der Waals surface area contributed by atoms with E-state index >= 15 is 0 Å². The average Bonchev–Trinajstić information content (AvgIpc) is 2.80. The Morgan fingerprint density at radius 1 is 1.03 bits per heavy atom. The van der Waals surface area contributed by atoms with E-state index in [2.05, 4.69) is 4.98 Å². The van der Waals surface area contributed by atoms with Crippen LogP contribution in [0.5, 0.6) is 0 Å². The van der Waals surface area contributed by atoms with E-state index in [1.807, 2.05) is 17.0 Å². The summed E-state index contributed by atoms with van der Waals surface area (Å²) in [6.45, 7) is 3.00. The number of nitrogens with two attached hydrogens (primary N) is 1. The fraction of sp³-hybridized carbons (Fsp3) is 0.600. The van der Waals surface area contributed by atoms with Gasteiger partial charge in [-0.3, -0.25) is 9.78 Å². The van der Waals surface area contributed by atoms with Gasteiger partial charge in [-0.25, -0.2) is 9.59 Å². The summed E-state index contributed by atoms with van der Waals surface area (Å²) in [7, 11) is 0. The fourth-order valence-corrected chi connectivity index (χ4v) is 3.33. The molecule has 1 spiro atoms. The lowest BCUT2D eigenvalue weighted by atomic mass is 9.73. The number of hydrogen-bond donors (Lipinski definition) is 3. The van der Waals surface area contributed by atoms with Crippen LogP contribution in [0.1, 0.15) is 36.2 Å². The van der Waals surface area contributed by atoms with Gasteiger partial charge in [0.15, 0.2) is 0 Å². The number of carboxylic acid groups (broad SMARTS) is 2. The first kappa shape index (κ1) is 30.1. The molecule has 198 valence electrons. The van der Waals surface area contributed by atoms with E-state index in [0.29, 0.717) is 12.2 Å². The van der Waals surface area contributed by atoms with Crippen molar-refractivity contribution in [3.8, 4) is 0 Å². The van der Waals surface area contributed by atoms with Gasteiger partial charge >= 0.3 is 24.3 Å². The molecule has 2 saturated heterocycles. The molecule has 1 aromatic heterocycles. The number of carbonyl (C=O) groups is 3. The molecule has 1 amide bonds. The molecule has 0 saturated carbocycles. The summed E-state index contributed by atoms with van der Waals surface area (Å²) < 4.78 is 69.3. The number of alkyl halides is 6. The number of halogens is 6. The molecule has 15 heteroatoms. The molecule has 1 atom stereocenters. The molecule has 1 aromatic rings. The second-order valence-corrected chi connectivity index (χ2v) is 7.82. The Labute approximate surface area is 195 Å². The lowest BCUT2D eigenvalue weighted by Crippen LogP contribution is -2.48. The van der Waals surface area contributed by atoms with Gasteiger partial charge in [0.1, 0.15) is 5.69 Å². The molecule has 2 fully saturated rings. The molecule has 35 heavy (non-hydrogen) atoms. The summed E-state index contributed by atoms with van der Waals surface area (Å²) in [5.41, 5.74) is 6.46. The van der Waals surface area contributed by atoms with Gasteiger partial charge in [-0.1, -0.05) is 6.07 Å². The number of hydrogen-bond acceptors (Lipinski definition) is 6. The summed E-state index contributed by atoms with van der Waals surface area (Å²) in [6.07, 6.45) is -4.03. The van der Waals surface area contributed by atoms with Crippen molar-refractivity contribution >= 4 is 17.8 Å². The van der Waals surface area contributed by atoms with Gasteiger partial charge in [-0.05, 0) is 43.2 Å². The smallest absolute Gasteiger partial charge is 0.475 e. The van der Waals surface area contributed by atoms with Crippen molar-refractivity contribution in [3.05, 3.63) is 30.1 Å². The Morgan fingerprint density at radius 2 is 1.54 bits per heavy atom. The van der Waals surface area contributed by atoms with Crippen LogP contribution >= 0.6 is 0 Å². The molecular weight excluding hydrogens is 492 g/mol. The van der Waals surface area contributed by atoms with Crippen LogP contribution in [0.3, 0.4) is 0 Å². The van der Waals surface area contributed by atoms with E-state index in [4.69, 9.17) is 30.3 Å². The van der Waals surface area contributed by atoms with E-state index in [9.17, 15) is 31.1 Å². The second kappa shape index (κ2) is 12.7. The molecule has 0 bridgehead atoms. The lowest BCUT2D eigenvalue weighted by molar-refractivity contribution is -0.193. The highest BCUT2D eigenvalue weighted by molar-refractivity contribution is 5.92. The SMILES string of the molecule is NCC1CCC2(CCN(C(=O)c3ccccn3)CC2)CO1.O=C(O)C(F)(F)F.O=C(O)C(F)(F)F. The second-order valence-electron chi connectivity index (χ2n) is 7.82. The van der Waals surface area contributed by atoms with Crippen molar-refractivity contribution in [2.24, 2.45) is 11.1 Å². The fourth-order valence-electron chi connectivity index (χ4n) is 3.33. The molecule has 3 heterocycles. The van der Waals surface area contributed by atoms with Crippen LogP contribution in [0.4, 0.5) is 26.3 Å². The van der Waals surface area contributed by atoms with Gasteiger partial charge < -0.3 is 25.6 Å². The zero-order valence-corrected chi connectivity index (χ0v) is 18.3. The number of nitrogens with zero attached hydrogens (tertiary/aromatic N) is 2. The normalized spacial score (nSPS) is 19.5. The van der Waals surface area contributed by atoms with Crippen LogP contribution in [-0.2, 0) is 14.3 Å². The van der Waals surface area contributed by atoms with Gasteiger partial charge in [-0.2, -0.15) is 26.3 Å². The van der Waals surface area contributed by atoms with Gasteiger partial charge in [0.2, 0.25) is 0 Å². The molecule has 4 N–H and O–H groups in total. The molecular formula is C20H25F6N3O6. The monoisotopic (exact) mass is 517 g/mol. The molecule has 0 radical (unpaired) electrons. The largest absolute Gasteiger partial charge is 0.490 e. The number of carbonyl (C=O) groups excluding carboxylic acids is 1. The molecule has 0 aliphatic carbocycles. The van der Waals surface area contributed by atoms with Crippen molar-refractivity contribution in [2.75, 3.05) is 26.2 Å². The first-order valence-corrected chi connectivity index (χ1v) is 10.2. The van der Waals surface area contributed by atoms with E-state index in [1.54, 1.807) is 12.3 Å². The Bertz CT molecular complexity index is 808. The Kier molecular flexibility index (Phi) is 10.9. The van der Waals surface area contributed by atoms with Gasteiger partial charge in [0.25, 0.3) is 5.91 Å². The molecule has 1 unspecified atom stereocenters. The molecule has 2 aliphatic rings. The number of pyridine rings is 1. The summed E-state index contributed by atoms with van der Waals surface area (Å²) in [4.78, 5) is 36.2. The Balaban J connectivity index is 0.000000362. The van der Waals surface area contributed by atoms with Crippen molar-refractivity contribution in [2.45, 2.75) is 44.1 Å². The zero-order valence-electron chi connectivity index (χ0n) is 18.3. The van der Waals surface area contributed by atoms with Crippen molar-refractivity contribution in [1.29, 1.82) is 0 Å². The number of likely N-dealkylation sites (tertiary alicyclic amines) is 1. The van der Waals surface area contributed by atoms with E-state index < -0.39 is 24.3 Å². The standard InChI is InChI=1S/C16H23N3O2.2C2HF3O2/c17-11-13-4-5-16(12-21-13)6-9-19(10-7-16)15(20)14-3-1-2-8-18-14;2*3-2(4,5)1(6)7/h1-3,8,13H,4-7,9-12,17H2;2*(H,6,7). The van der Waals surface area contributed by atoms with Crippen LogP contribution in [0.25, 0.3) is 0 Å². The van der Waals surface area contributed by atoms with Crippen molar-refractivity contribution in [3.63, 3.8) is 0 Å². The highest BCUT2D eigenvalue weighted by Crippen LogP contribution is 2.40. The average molecular weight is 517 g/mol. The summed E-state index contributed by atoms with van der Waals surface area (Å²) in [5.74, 6) is -5.47. The first-order valence-electron chi connectivity index (χ1n) is 10.2. The third-order valence-electron chi connectivity index (χ3n) is 5.37. The topological polar surface area (TPSA) is 143 Å².